The summed E-state index contributed by atoms with van der Waals surface area (Å²) < 4.78 is 2.37. The quantitative estimate of drug-likeness (QED) is 0.887. The number of nitrogens with one attached hydrogen (secondary N) is 1. The molecule has 18 heavy (non-hydrogen) atoms. The third-order valence-electron chi connectivity index (χ3n) is 4.32. The maximum atomic E-state index is 4.48. The molecular weight excluding hydrogens is 224 g/mol. The molecule has 1 atom stereocenters. The Kier molecular flexibility index (Phi) is 3.29. The van der Waals surface area contributed by atoms with Gasteiger partial charge in [0.25, 0.3) is 0 Å². The van der Waals surface area contributed by atoms with Gasteiger partial charge in [-0.2, -0.15) is 0 Å². The van der Waals surface area contributed by atoms with Gasteiger partial charge in [-0.1, -0.05) is 13.8 Å². The lowest BCUT2D eigenvalue weighted by atomic mass is 9.84. The summed E-state index contributed by atoms with van der Waals surface area (Å²) in [6, 6.07) is 0.629. The van der Waals surface area contributed by atoms with E-state index in [1.165, 1.54) is 32.5 Å². The number of anilines is 1. The van der Waals surface area contributed by atoms with E-state index in [-0.39, 0.29) is 0 Å². The molecule has 100 valence electrons. The normalized spacial score (nSPS) is 30.9. The first-order chi connectivity index (χ1) is 8.74. The van der Waals surface area contributed by atoms with Crippen LogP contribution in [-0.2, 0) is 0 Å². The smallest absolute Gasteiger partial charge is 0.203 e. The number of nitrogens with zero attached hydrogens (tertiary/aromatic N) is 3. The van der Waals surface area contributed by atoms with Crippen molar-refractivity contribution >= 4 is 5.95 Å². The molecule has 0 amide bonds. The molecule has 1 aromatic rings. The van der Waals surface area contributed by atoms with Gasteiger partial charge in [0.15, 0.2) is 0 Å². The van der Waals surface area contributed by atoms with Crippen LogP contribution in [0.15, 0.2) is 12.4 Å². The zero-order chi connectivity index (χ0) is 12.5. The highest BCUT2D eigenvalue weighted by molar-refractivity contribution is 5.27. The predicted octanol–water partition coefficient (Wildman–Crippen LogP) is 2.22. The number of hydrogen-bond donors (Lipinski definition) is 1. The van der Waals surface area contributed by atoms with Gasteiger partial charge in [-0.15, -0.1) is 0 Å². The van der Waals surface area contributed by atoms with Gasteiger partial charge < -0.3 is 14.8 Å². The van der Waals surface area contributed by atoms with Crippen molar-refractivity contribution in [1.29, 1.82) is 0 Å². The SMILES string of the molecule is CC(C)CNc1nccn1C1CN2CCC1CC2. The van der Waals surface area contributed by atoms with Crippen LogP contribution in [0.25, 0.3) is 0 Å². The van der Waals surface area contributed by atoms with Crippen molar-refractivity contribution in [3.05, 3.63) is 12.4 Å². The Balaban J connectivity index is 1.74. The molecular formula is C14H24N4. The first-order valence-electron chi connectivity index (χ1n) is 7.23. The Hall–Kier alpha value is -1.03. The fraction of sp³-hybridized carbons (Fsp3) is 0.786. The predicted molar refractivity (Wildman–Crippen MR) is 73.8 cm³/mol. The minimum atomic E-state index is 0.629. The van der Waals surface area contributed by atoms with E-state index in [9.17, 15) is 0 Å². The molecule has 4 heteroatoms. The summed E-state index contributed by atoms with van der Waals surface area (Å²) in [5.41, 5.74) is 0. The van der Waals surface area contributed by atoms with Gasteiger partial charge in [0.05, 0.1) is 6.04 Å². The van der Waals surface area contributed by atoms with Crippen molar-refractivity contribution in [3.63, 3.8) is 0 Å². The molecule has 0 saturated carbocycles. The standard InChI is InChI=1S/C14H24N4/c1-11(2)9-16-14-15-5-8-18(14)13-10-17-6-3-12(13)4-7-17/h5,8,11-13H,3-4,6-7,9-10H2,1-2H3,(H,15,16). The number of piperidine rings is 3. The first kappa shape index (κ1) is 12.0. The van der Waals surface area contributed by atoms with Crippen LogP contribution in [0.1, 0.15) is 32.7 Å². The Bertz CT molecular complexity index is 390. The fourth-order valence-corrected chi connectivity index (χ4v) is 3.26. The van der Waals surface area contributed by atoms with E-state index in [0.29, 0.717) is 12.0 Å². The topological polar surface area (TPSA) is 33.1 Å². The molecule has 3 fully saturated rings. The zero-order valence-electron chi connectivity index (χ0n) is 11.5. The molecule has 4 nitrogen and oxygen atoms in total. The Morgan fingerprint density at radius 1 is 1.39 bits per heavy atom. The second-order valence-electron chi connectivity index (χ2n) is 6.14. The monoisotopic (exact) mass is 248 g/mol. The van der Waals surface area contributed by atoms with Crippen molar-refractivity contribution in [1.82, 2.24) is 14.5 Å². The first-order valence-corrected chi connectivity index (χ1v) is 7.23. The second-order valence-corrected chi connectivity index (χ2v) is 6.14. The van der Waals surface area contributed by atoms with Gasteiger partial charge in [-0.05, 0) is 37.8 Å². The lowest BCUT2D eigenvalue weighted by Gasteiger charge is -2.45. The lowest BCUT2D eigenvalue weighted by Crippen LogP contribution is -2.48. The third-order valence-corrected chi connectivity index (χ3v) is 4.32. The summed E-state index contributed by atoms with van der Waals surface area (Å²) in [6.45, 7) is 9.26. The third kappa shape index (κ3) is 2.26. The number of rotatable bonds is 4. The second kappa shape index (κ2) is 4.92. The Labute approximate surface area is 109 Å². The number of hydrogen-bond acceptors (Lipinski definition) is 3. The molecule has 2 bridgehead atoms. The van der Waals surface area contributed by atoms with Crippen molar-refractivity contribution in [3.8, 4) is 0 Å². The Morgan fingerprint density at radius 3 is 2.78 bits per heavy atom. The van der Waals surface area contributed by atoms with Crippen LogP contribution in [0.4, 0.5) is 5.95 Å². The molecule has 3 aliphatic heterocycles. The van der Waals surface area contributed by atoms with Gasteiger partial charge in [0.2, 0.25) is 5.95 Å². The molecule has 0 aliphatic carbocycles. The fourth-order valence-electron chi connectivity index (χ4n) is 3.26. The largest absolute Gasteiger partial charge is 0.355 e. The molecule has 0 aromatic carbocycles. The van der Waals surface area contributed by atoms with Gasteiger partial charge in [-0.25, -0.2) is 4.98 Å². The average molecular weight is 248 g/mol. The van der Waals surface area contributed by atoms with Gasteiger partial charge in [0, 0.05) is 25.5 Å². The molecule has 4 rings (SSSR count). The van der Waals surface area contributed by atoms with Crippen molar-refractivity contribution in [2.24, 2.45) is 11.8 Å². The van der Waals surface area contributed by atoms with Crippen LogP contribution in [-0.4, -0.2) is 40.6 Å². The molecule has 3 saturated heterocycles. The summed E-state index contributed by atoms with van der Waals surface area (Å²) in [6.07, 6.45) is 6.79. The Morgan fingerprint density at radius 2 is 2.17 bits per heavy atom. The maximum absolute atomic E-state index is 4.48. The number of imidazole rings is 1. The number of aromatic nitrogens is 2. The van der Waals surface area contributed by atoms with E-state index < -0.39 is 0 Å². The molecule has 1 unspecified atom stereocenters. The van der Waals surface area contributed by atoms with Crippen molar-refractivity contribution < 1.29 is 0 Å². The van der Waals surface area contributed by atoms with Crippen LogP contribution in [0.3, 0.4) is 0 Å². The molecule has 1 aromatic heterocycles. The van der Waals surface area contributed by atoms with E-state index in [1.54, 1.807) is 0 Å². The summed E-state index contributed by atoms with van der Waals surface area (Å²) in [4.78, 5) is 7.07. The van der Waals surface area contributed by atoms with Crippen molar-refractivity contribution in [2.75, 3.05) is 31.5 Å². The van der Waals surface area contributed by atoms with Crippen LogP contribution in [0.2, 0.25) is 0 Å². The highest BCUT2D eigenvalue weighted by Gasteiger charge is 2.35. The highest BCUT2D eigenvalue weighted by Crippen LogP contribution is 2.36. The minimum Gasteiger partial charge on any atom is -0.355 e. The van der Waals surface area contributed by atoms with Crippen molar-refractivity contribution in [2.45, 2.75) is 32.7 Å². The zero-order valence-corrected chi connectivity index (χ0v) is 11.5. The van der Waals surface area contributed by atoms with E-state index in [0.717, 1.165) is 18.4 Å². The van der Waals surface area contributed by atoms with Gasteiger partial charge >= 0.3 is 0 Å². The van der Waals surface area contributed by atoms with Gasteiger partial charge in [-0.3, -0.25) is 0 Å². The lowest BCUT2D eigenvalue weighted by molar-refractivity contribution is 0.0579. The van der Waals surface area contributed by atoms with E-state index in [4.69, 9.17) is 0 Å². The van der Waals surface area contributed by atoms with Crippen LogP contribution >= 0.6 is 0 Å². The van der Waals surface area contributed by atoms with Crippen LogP contribution < -0.4 is 5.32 Å². The summed E-state index contributed by atoms with van der Waals surface area (Å²) in [5, 5.41) is 3.48. The maximum Gasteiger partial charge on any atom is 0.203 e. The molecule has 4 heterocycles. The molecule has 3 aliphatic rings. The molecule has 1 N–H and O–H groups in total. The summed E-state index contributed by atoms with van der Waals surface area (Å²) >= 11 is 0. The van der Waals surface area contributed by atoms with Gasteiger partial charge in [0.1, 0.15) is 0 Å². The number of fused-ring (bicyclic) bond motifs is 3. The molecule has 0 radical (unpaired) electrons. The summed E-state index contributed by atoms with van der Waals surface area (Å²) in [5.74, 6) is 2.56. The summed E-state index contributed by atoms with van der Waals surface area (Å²) in [7, 11) is 0. The van der Waals surface area contributed by atoms with Crippen LogP contribution in [0, 0.1) is 11.8 Å². The minimum absolute atomic E-state index is 0.629. The van der Waals surface area contributed by atoms with E-state index >= 15 is 0 Å². The molecule has 0 spiro atoms. The van der Waals surface area contributed by atoms with Crippen LogP contribution in [0.5, 0.6) is 0 Å². The van der Waals surface area contributed by atoms with E-state index in [1.807, 2.05) is 6.20 Å². The highest BCUT2D eigenvalue weighted by atomic mass is 15.3. The average Bonchev–Trinajstić information content (AvgIpc) is 2.86. The van der Waals surface area contributed by atoms with E-state index in [2.05, 4.69) is 39.8 Å².